The Bertz CT molecular complexity index is 1410. The highest BCUT2D eigenvalue weighted by molar-refractivity contribution is 7.99. The van der Waals surface area contributed by atoms with Gasteiger partial charge in [-0.2, -0.15) is 5.26 Å². The number of benzene rings is 2. The van der Waals surface area contributed by atoms with Gasteiger partial charge in [-0.3, -0.25) is 13.9 Å². The summed E-state index contributed by atoms with van der Waals surface area (Å²) < 4.78 is 9.78. The summed E-state index contributed by atoms with van der Waals surface area (Å²) in [5.41, 5.74) is 2.73. The lowest BCUT2D eigenvalue weighted by atomic mass is 10.2. The summed E-state index contributed by atoms with van der Waals surface area (Å²) in [4.78, 5) is 18.4. The number of para-hydroxylation sites is 3. The number of hydrogen-bond donors (Lipinski definition) is 0. The molecular formula is C21H16N4O2S3. The van der Waals surface area contributed by atoms with Crippen LogP contribution in [-0.2, 0) is 0 Å². The molecule has 150 valence electrons. The second-order valence-corrected chi connectivity index (χ2v) is 8.88. The third-order valence-corrected chi connectivity index (χ3v) is 6.68. The minimum atomic E-state index is -0.242. The van der Waals surface area contributed by atoms with Crippen molar-refractivity contribution in [3.8, 4) is 23.2 Å². The first-order chi connectivity index (χ1) is 14.6. The van der Waals surface area contributed by atoms with Gasteiger partial charge in [0.05, 0.1) is 30.3 Å². The first kappa shape index (κ1) is 20.3. The molecule has 2 aromatic heterocycles. The Kier molecular flexibility index (Phi) is 5.72. The number of aryl methyl sites for hydroxylation is 1. The highest BCUT2D eigenvalue weighted by Gasteiger charge is 2.21. The van der Waals surface area contributed by atoms with Crippen LogP contribution < -0.4 is 10.3 Å². The Morgan fingerprint density at radius 2 is 1.87 bits per heavy atom. The van der Waals surface area contributed by atoms with E-state index < -0.39 is 0 Å². The van der Waals surface area contributed by atoms with E-state index in [2.05, 4.69) is 6.07 Å². The van der Waals surface area contributed by atoms with Gasteiger partial charge in [-0.1, -0.05) is 53.4 Å². The zero-order chi connectivity index (χ0) is 21.3. The predicted octanol–water partition coefficient (Wildman–Crippen LogP) is 4.90. The lowest BCUT2D eigenvalue weighted by Gasteiger charge is -2.15. The number of fused-ring (bicyclic) bond motifs is 1. The number of thiazole rings is 1. The summed E-state index contributed by atoms with van der Waals surface area (Å²) in [7, 11) is 1.55. The van der Waals surface area contributed by atoms with Crippen molar-refractivity contribution in [3.05, 3.63) is 68.4 Å². The molecule has 0 unspecified atom stereocenters. The maximum absolute atomic E-state index is 13.6. The number of thioether (sulfide) groups is 1. The molecule has 0 spiro atoms. The summed E-state index contributed by atoms with van der Waals surface area (Å²) in [5.74, 6) is 0.698. The van der Waals surface area contributed by atoms with Crippen LogP contribution in [0.2, 0.25) is 0 Å². The molecular weight excluding hydrogens is 436 g/mol. The van der Waals surface area contributed by atoms with Crippen LogP contribution in [0.1, 0.15) is 5.56 Å². The molecule has 0 saturated carbocycles. The number of hydrogen-bond acceptors (Lipinski definition) is 7. The van der Waals surface area contributed by atoms with E-state index in [0.29, 0.717) is 30.9 Å². The van der Waals surface area contributed by atoms with Crippen molar-refractivity contribution in [1.29, 1.82) is 5.26 Å². The first-order valence-electron chi connectivity index (χ1n) is 8.94. The van der Waals surface area contributed by atoms with E-state index in [1.807, 2.05) is 47.9 Å². The lowest BCUT2D eigenvalue weighted by molar-refractivity contribution is 0.411. The van der Waals surface area contributed by atoms with Gasteiger partial charge in [0.25, 0.3) is 5.56 Å². The fraction of sp³-hybridized carbons (Fsp3) is 0.143. The summed E-state index contributed by atoms with van der Waals surface area (Å²) in [6, 6.07) is 17.2. The molecule has 0 aliphatic carbocycles. The average Bonchev–Trinajstić information content (AvgIpc) is 3.09. The van der Waals surface area contributed by atoms with Gasteiger partial charge >= 0.3 is 0 Å². The van der Waals surface area contributed by atoms with Gasteiger partial charge in [0.2, 0.25) is 0 Å². The Balaban J connectivity index is 2.09. The van der Waals surface area contributed by atoms with Crippen LogP contribution in [0.15, 0.2) is 58.5 Å². The van der Waals surface area contributed by atoms with E-state index in [1.165, 1.54) is 27.7 Å². The predicted molar refractivity (Wildman–Crippen MR) is 123 cm³/mol. The second-order valence-electron chi connectivity index (χ2n) is 6.30. The van der Waals surface area contributed by atoms with Crippen molar-refractivity contribution in [2.75, 3.05) is 12.9 Å². The van der Waals surface area contributed by atoms with Crippen LogP contribution in [0.5, 0.6) is 5.75 Å². The van der Waals surface area contributed by atoms with Gasteiger partial charge in [0.1, 0.15) is 10.4 Å². The van der Waals surface area contributed by atoms with E-state index in [9.17, 15) is 4.79 Å². The quantitative estimate of drug-likeness (QED) is 0.244. The van der Waals surface area contributed by atoms with Crippen molar-refractivity contribution in [2.45, 2.75) is 12.1 Å². The number of ether oxygens (including phenoxy) is 1. The lowest BCUT2D eigenvalue weighted by Crippen LogP contribution is -2.22. The normalized spacial score (nSPS) is 10.8. The highest BCUT2D eigenvalue weighted by Crippen LogP contribution is 2.30. The molecule has 30 heavy (non-hydrogen) atoms. The third-order valence-electron chi connectivity index (χ3n) is 4.53. The van der Waals surface area contributed by atoms with Crippen LogP contribution in [0.25, 0.3) is 21.7 Å². The van der Waals surface area contributed by atoms with Crippen molar-refractivity contribution in [1.82, 2.24) is 14.1 Å². The SMILES string of the molecule is COc1ccccc1-n1c(SCC#N)nc2c(sc(=S)n2-c2ccccc2C)c1=O. The van der Waals surface area contributed by atoms with Crippen LogP contribution in [0.3, 0.4) is 0 Å². The van der Waals surface area contributed by atoms with Crippen molar-refractivity contribution < 1.29 is 4.74 Å². The monoisotopic (exact) mass is 452 g/mol. The largest absolute Gasteiger partial charge is 0.495 e. The number of nitriles is 1. The Morgan fingerprint density at radius 1 is 1.17 bits per heavy atom. The smallest absolute Gasteiger partial charge is 0.278 e. The van der Waals surface area contributed by atoms with Crippen LogP contribution in [0.4, 0.5) is 0 Å². The minimum absolute atomic E-state index is 0.155. The molecule has 0 N–H and O–H groups in total. The molecule has 9 heteroatoms. The number of rotatable bonds is 5. The summed E-state index contributed by atoms with van der Waals surface area (Å²) in [6.07, 6.45) is 0. The van der Waals surface area contributed by atoms with Crippen molar-refractivity contribution >= 4 is 45.7 Å². The van der Waals surface area contributed by atoms with Gasteiger partial charge in [-0.05, 0) is 42.9 Å². The van der Waals surface area contributed by atoms with Gasteiger partial charge in [-0.25, -0.2) is 4.98 Å². The van der Waals surface area contributed by atoms with E-state index in [0.717, 1.165) is 11.3 Å². The molecule has 4 rings (SSSR count). The third kappa shape index (κ3) is 3.43. The zero-order valence-corrected chi connectivity index (χ0v) is 18.6. The number of aromatic nitrogens is 3. The second kappa shape index (κ2) is 8.44. The van der Waals surface area contributed by atoms with Gasteiger partial charge < -0.3 is 4.74 Å². The van der Waals surface area contributed by atoms with Crippen LogP contribution in [0, 0.1) is 22.2 Å². The van der Waals surface area contributed by atoms with Crippen molar-refractivity contribution in [3.63, 3.8) is 0 Å². The molecule has 2 heterocycles. The van der Waals surface area contributed by atoms with Gasteiger partial charge in [-0.15, -0.1) is 0 Å². The molecule has 6 nitrogen and oxygen atoms in total. The Labute approximate surface area is 186 Å². The fourth-order valence-corrected chi connectivity index (χ4v) is 5.13. The molecule has 0 atom stereocenters. The van der Waals surface area contributed by atoms with E-state index in [-0.39, 0.29) is 11.3 Å². The molecule has 0 radical (unpaired) electrons. The molecule has 0 bridgehead atoms. The topological polar surface area (TPSA) is 72.8 Å². The van der Waals surface area contributed by atoms with Crippen molar-refractivity contribution in [2.24, 2.45) is 0 Å². The Hall–Kier alpha value is -2.93. The number of nitrogens with zero attached hydrogens (tertiary/aromatic N) is 4. The average molecular weight is 453 g/mol. The molecule has 4 aromatic rings. The van der Waals surface area contributed by atoms with Gasteiger partial charge in [0, 0.05) is 0 Å². The zero-order valence-electron chi connectivity index (χ0n) is 16.2. The van der Waals surface area contributed by atoms with Crippen LogP contribution in [-0.4, -0.2) is 27.0 Å². The fourth-order valence-electron chi connectivity index (χ4n) is 3.18. The number of methoxy groups -OCH3 is 1. The van der Waals surface area contributed by atoms with E-state index >= 15 is 0 Å². The molecule has 0 fully saturated rings. The maximum Gasteiger partial charge on any atom is 0.278 e. The summed E-state index contributed by atoms with van der Waals surface area (Å²) in [5, 5.41) is 9.53. The molecule has 0 saturated heterocycles. The highest BCUT2D eigenvalue weighted by atomic mass is 32.2. The summed E-state index contributed by atoms with van der Waals surface area (Å²) in [6.45, 7) is 1.99. The summed E-state index contributed by atoms with van der Waals surface area (Å²) >= 11 is 8.03. The molecule has 0 amide bonds. The van der Waals surface area contributed by atoms with E-state index in [4.69, 9.17) is 27.2 Å². The first-order valence-corrected chi connectivity index (χ1v) is 11.2. The molecule has 2 aromatic carbocycles. The maximum atomic E-state index is 13.6. The minimum Gasteiger partial charge on any atom is -0.495 e. The van der Waals surface area contributed by atoms with E-state index in [1.54, 1.807) is 19.2 Å². The van der Waals surface area contributed by atoms with Crippen LogP contribution >= 0.6 is 35.3 Å². The standard InChI is InChI=1S/C21H16N4O2S3/c1-13-7-3-4-8-14(13)24-18-17(30-21(24)28)19(26)25(20(23-18)29-12-11-22)15-9-5-6-10-16(15)27-2/h3-10H,12H2,1-2H3. The van der Waals surface area contributed by atoms with Gasteiger partial charge in [0.15, 0.2) is 14.8 Å². The Morgan fingerprint density at radius 3 is 2.57 bits per heavy atom. The molecule has 0 aliphatic heterocycles. The molecule has 0 aliphatic rings.